The van der Waals surface area contributed by atoms with Gasteiger partial charge >= 0.3 is 0 Å². The Balaban J connectivity index is 0.00000320. The third kappa shape index (κ3) is 4.87. The van der Waals surface area contributed by atoms with Crippen molar-refractivity contribution in [1.29, 1.82) is 0 Å². The lowest BCUT2D eigenvalue weighted by Gasteiger charge is -2.07. The number of halogens is 3. The summed E-state index contributed by atoms with van der Waals surface area (Å²) in [5.41, 5.74) is 6.35. The number of nitrogens with zero attached hydrogens (tertiary/aromatic N) is 1. The zero-order valence-corrected chi connectivity index (χ0v) is 16.9. The van der Waals surface area contributed by atoms with Crippen molar-refractivity contribution in [2.45, 2.75) is 19.5 Å². The number of oxazole rings is 1. The maximum atomic E-state index is 13.8. The van der Waals surface area contributed by atoms with Crippen LogP contribution < -0.4 is 15.8 Å². The lowest BCUT2D eigenvalue weighted by Crippen LogP contribution is -2.25. The molecule has 3 aromatic rings. The van der Waals surface area contributed by atoms with Gasteiger partial charge < -0.3 is 25.3 Å². The van der Waals surface area contributed by atoms with Crippen molar-refractivity contribution in [1.82, 2.24) is 10.3 Å². The van der Waals surface area contributed by atoms with Gasteiger partial charge in [-0.2, -0.15) is 0 Å². The van der Waals surface area contributed by atoms with Crippen LogP contribution in [0.5, 0.6) is 11.5 Å². The predicted octanol–water partition coefficient (Wildman–Crippen LogP) is 3.71. The number of phenols is 1. The molecular weight excluding hydrogens is 420 g/mol. The Morgan fingerprint density at radius 1 is 1.30 bits per heavy atom. The van der Waals surface area contributed by atoms with Crippen LogP contribution >= 0.6 is 12.4 Å². The van der Waals surface area contributed by atoms with Crippen molar-refractivity contribution in [3.05, 3.63) is 65.1 Å². The zero-order chi connectivity index (χ0) is 21.1. The Morgan fingerprint density at radius 3 is 2.63 bits per heavy atom. The number of benzene rings is 2. The summed E-state index contributed by atoms with van der Waals surface area (Å²) in [7, 11) is 1.42. The zero-order valence-electron chi connectivity index (χ0n) is 16.1. The minimum atomic E-state index is -0.771. The maximum absolute atomic E-state index is 13.8. The SMILES string of the molecule is COc1ccc(-c2nc(C(=O)NCc3ccc(F)cc3F)c(C(C)N)o2)cc1O.Cl. The minimum Gasteiger partial charge on any atom is -0.504 e. The number of hydrogen-bond acceptors (Lipinski definition) is 6. The number of amides is 1. The average Bonchev–Trinajstić information content (AvgIpc) is 3.13. The van der Waals surface area contributed by atoms with E-state index in [-0.39, 0.29) is 53.4 Å². The van der Waals surface area contributed by atoms with Crippen molar-refractivity contribution in [3.8, 4) is 23.0 Å². The smallest absolute Gasteiger partial charge is 0.273 e. The van der Waals surface area contributed by atoms with Crippen molar-refractivity contribution in [2.24, 2.45) is 5.73 Å². The van der Waals surface area contributed by atoms with Gasteiger partial charge in [-0.15, -0.1) is 12.4 Å². The molecule has 0 radical (unpaired) electrons. The standard InChI is InChI=1S/C20H19F2N3O4.ClH/c1-10(23)18-17(19(27)24-9-12-3-5-13(21)8-14(12)22)25-20(29-18)11-4-6-16(28-2)15(26)7-11;/h3-8,10,26H,9,23H2,1-2H3,(H,24,27);1H. The summed E-state index contributed by atoms with van der Waals surface area (Å²) in [6.07, 6.45) is 0. The molecule has 0 bridgehead atoms. The minimum absolute atomic E-state index is 0. The first-order valence-corrected chi connectivity index (χ1v) is 8.66. The molecule has 0 spiro atoms. The molecule has 0 aliphatic carbocycles. The molecule has 1 heterocycles. The highest BCUT2D eigenvalue weighted by Crippen LogP contribution is 2.32. The fourth-order valence-electron chi connectivity index (χ4n) is 2.67. The molecule has 7 nitrogen and oxygen atoms in total. The Morgan fingerprint density at radius 2 is 2.03 bits per heavy atom. The number of nitrogens with two attached hydrogens (primary N) is 1. The van der Waals surface area contributed by atoms with Crippen LogP contribution in [0.3, 0.4) is 0 Å². The Bertz CT molecular complexity index is 1060. The molecule has 1 aromatic heterocycles. The molecule has 0 aliphatic heterocycles. The van der Waals surface area contributed by atoms with E-state index < -0.39 is 23.6 Å². The highest BCUT2D eigenvalue weighted by Gasteiger charge is 2.24. The summed E-state index contributed by atoms with van der Waals surface area (Å²) in [5, 5.41) is 12.5. The van der Waals surface area contributed by atoms with Crippen LogP contribution in [0, 0.1) is 11.6 Å². The predicted molar refractivity (Wildman–Crippen MR) is 108 cm³/mol. The van der Waals surface area contributed by atoms with Crippen molar-refractivity contribution >= 4 is 18.3 Å². The van der Waals surface area contributed by atoms with Crippen molar-refractivity contribution in [2.75, 3.05) is 7.11 Å². The molecule has 2 aromatic carbocycles. The van der Waals surface area contributed by atoms with Gasteiger partial charge in [0.1, 0.15) is 11.6 Å². The van der Waals surface area contributed by atoms with Gasteiger partial charge in [-0.3, -0.25) is 4.79 Å². The average molecular weight is 440 g/mol. The lowest BCUT2D eigenvalue weighted by molar-refractivity contribution is 0.0943. The summed E-state index contributed by atoms with van der Waals surface area (Å²) in [5.74, 6) is -1.75. The monoisotopic (exact) mass is 439 g/mol. The third-order valence-corrected chi connectivity index (χ3v) is 4.16. The Hall–Kier alpha value is -3.17. The number of methoxy groups -OCH3 is 1. The Kier molecular flexibility index (Phi) is 7.36. The maximum Gasteiger partial charge on any atom is 0.273 e. The van der Waals surface area contributed by atoms with Crippen LogP contribution in [0.2, 0.25) is 0 Å². The van der Waals surface area contributed by atoms with Crippen LogP contribution in [-0.2, 0) is 6.54 Å². The number of aromatic hydroxyl groups is 1. The molecule has 1 atom stereocenters. The number of phenolic OH excluding ortho intramolecular Hbond substituents is 1. The number of ether oxygens (including phenoxy) is 1. The van der Waals surface area contributed by atoms with Gasteiger partial charge in [0.2, 0.25) is 5.89 Å². The van der Waals surface area contributed by atoms with Crippen LogP contribution in [0.4, 0.5) is 8.78 Å². The van der Waals surface area contributed by atoms with E-state index in [0.717, 1.165) is 12.1 Å². The highest BCUT2D eigenvalue weighted by atomic mass is 35.5. The first-order chi connectivity index (χ1) is 13.8. The molecular formula is C20H20ClF2N3O4. The molecule has 4 N–H and O–H groups in total. The molecule has 160 valence electrons. The van der Waals surface area contributed by atoms with Gasteiger partial charge in [-0.1, -0.05) is 6.07 Å². The summed E-state index contributed by atoms with van der Waals surface area (Å²) in [4.78, 5) is 16.8. The van der Waals surface area contributed by atoms with Gasteiger partial charge in [-0.05, 0) is 31.2 Å². The van der Waals surface area contributed by atoms with Crippen LogP contribution in [0.15, 0.2) is 40.8 Å². The van der Waals surface area contributed by atoms with Gasteiger partial charge in [0, 0.05) is 23.7 Å². The number of hydrogen-bond donors (Lipinski definition) is 3. The molecule has 0 saturated carbocycles. The molecule has 10 heteroatoms. The van der Waals surface area contributed by atoms with E-state index in [4.69, 9.17) is 14.9 Å². The first-order valence-electron chi connectivity index (χ1n) is 8.66. The number of aromatic nitrogens is 1. The van der Waals surface area contributed by atoms with Gasteiger partial charge in [0.25, 0.3) is 5.91 Å². The summed E-state index contributed by atoms with van der Waals surface area (Å²) in [6, 6.07) is 6.94. The van der Waals surface area contributed by atoms with Gasteiger partial charge in [-0.25, -0.2) is 13.8 Å². The van der Waals surface area contributed by atoms with Crippen LogP contribution in [0.25, 0.3) is 11.5 Å². The quantitative estimate of drug-likeness (QED) is 0.540. The summed E-state index contributed by atoms with van der Waals surface area (Å²) < 4.78 is 37.4. The normalized spacial score (nSPS) is 11.5. The third-order valence-electron chi connectivity index (χ3n) is 4.16. The molecule has 0 aliphatic rings. The molecule has 30 heavy (non-hydrogen) atoms. The Labute approximate surface area is 177 Å². The van der Waals surface area contributed by atoms with E-state index in [9.17, 15) is 18.7 Å². The number of carbonyl (C=O) groups is 1. The second-order valence-electron chi connectivity index (χ2n) is 6.33. The van der Waals surface area contributed by atoms with E-state index in [1.165, 1.54) is 25.3 Å². The van der Waals surface area contributed by atoms with E-state index in [1.54, 1.807) is 13.0 Å². The highest BCUT2D eigenvalue weighted by molar-refractivity contribution is 5.94. The second kappa shape index (κ2) is 9.55. The van der Waals surface area contributed by atoms with Crippen LogP contribution in [-0.4, -0.2) is 23.1 Å². The van der Waals surface area contributed by atoms with E-state index >= 15 is 0 Å². The molecule has 1 unspecified atom stereocenters. The summed E-state index contributed by atoms with van der Waals surface area (Å²) >= 11 is 0. The number of rotatable bonds is 6. The van der Waals surface area contributed by atoms with E-state index in [2.05, 4.69) is 10.3 Å². The molecule has 1 amide bonds. The van der Waals surface area contributed by atoms with Gasteiger partial charge in [0.15, 0.2) is 23.0 Å². The van der Waals surface area contributed by atoms with E-state index in [0.29, 0.717) is 5.56 Å². The van der Waals surface area contributed by atoms with Gasteiger partial charge in [0.05, 0.1) is 13.2 Å². The second-order valence-corrected chi connectivity index (χ2v) is 6.33. The fourth-order valence-corrected chi connectivity index (χ4v) is 2.67. The van der Waals surface area contributed by atoms with Crippen LogP contribution in [0.1, 0.15) is 34.8 Å². The van der Waals surface area contributed by atoms with Crippen molar-refractivity contribution < 1.29 is 27.8 Å². The molecule has 0 fully saturated rings. The topological polar surface area (TPSA) is 111 Å². The fraction of sp³-hybridized carbons (Fsp3) is 0.200. The summed E-state index contributed by atoms with van der Waals surface area (Å²) in [6.45, 7) is 1.45. The van der Waals surface area contributed by atoms with E-state index in [1.807, 2.05) is 0 Å². The number of nitrogens with one attached hydrogen (secondary N) is 1. The van der Waals surface area contributed by atoms with Crippen molar-refractivity contribution in [3.63, 3.8) is 0 Å². The lowest BCUT2D eigenvalue weighted by atomic mass is 10.2. The first kappa shape index (κ1) is 23.1. The number of carbonyl (C=O) groups excluding carboxylic acids is 1. The largest absolute Gasteiger partial charge is 0.504 e. The molecule has 0 saturated heterocycles. The molecule has 3 rings (SSSR count).